The van der Waals surface area contributed by atoms with Gasteiger partial charge in [0.1, 0.15) is 0 Å². The van der Waals surface area contributed by atoms with Crippen LogP contribution in [0.2, 0.25) is 0 Å². The predicted molar refractivity (Wildman–Crippen MR) is 85.9 cm³/mol. The van der Waals surface area contributed by atoms with E-state index in [1.54, 1.807) is 11.3 Å². The number of hydrogen-bond donors (Lipinski definition) is 1. The molecule has 1 heterocycles. The third-order valence-electron chi connectivity index (χ3n) is 3.34. The minimum absolute atomic E-state index is 1.13. The van der Waals surface area contributed by atoms with Crippen LogP contribution in [0.1, 0.15) is 0 Å². The van der Waals surface area contributed by atoms with Gasteiger partial charge in [-0.1, -0.05) is 24.3 Å². The Hall–Kier alpha value is -2.00. The Morgan fingerprint density at radius 2 is 1.89 bits per heavy atom. The molecule has 0 atom stereocenters. The van der Waals surface area contributed by atoms with E-state index < -0.39 is 0 Å². The Labute approximate surface area is 117 Å². The summed E-state index contributed by atoms with van der Waals surface area (Å²) >= 11 is 1.79. The van der Waals surface area contributed by atoms with Crippen molar-refractivity contribution in [2.75, 3.05) is 24.3 Å². The summed E-state index contributed by atoms with van der Waals surface area (Å²) in [4.78, 5) is 2.24. The first kappa shape index (κ1) is 12.1. The predicted octanol–water partition coefficient (Wildman–Crippen LogP) is 4.71. The molecule has 1 N–H and O–H groups in total. The van der Waals surface area contributed by atoms with Gasteiger partial charge < -0.3 is 10.2 Å². The van der Waals surface area contributed by atoms with Gasteiger partial charge in [-0.05, 0) is 24.3 Å². The van der Waals surface area contributed by atoms with E-state index in [0.29, 0.717) is 0 Å². The second kappa shape index (κ2) is 4.94. The zero-order valence-electron chi connectivity index (χ0n) is 11.1. The van der Waals surface area contributed by atoms with Gasteiger partial charge in [-0.15, -0.1) is 11.3 Å². The highest BCUT2D eigenvalue weighted by molar-refractivity contribution is 7.17. The number of benzene rings is 2. The third-order valence-corrected chi connectivity index (χ3v) is 4.30. The summed E-state index contributed by atoms with van der Waals surface area (Å²) in [6.45, 7) is 0. The maximum Gasteiger partial charge on any atom is 0.0596 e. The van der Waals surface area contributed by atoms with Crippen LogP contribution in [0.5, 0.6) is 0 Å². The Kier molecular flexibility index (Phi) is 3.13. The van der Waals surface area contributed by atoms with Crippen LogP contribution in [-0.4, -0.2) is 14.1 Å². The van der Waals surface area contributed by atoms with Crippen molar-refractivity contribution in [2.45, 2.75) is 0 Å². The average Bonchev–Trinajstić information content (AvgIpc) is 2.90. The number of nitrogens with one attached hydrogen (secondary N) is 1. The van der Waals surface area contributed by atoms with E-state index in [9.17, 15) is 0 Å². The molecule has 3 rings (SSSR count). The molecule has 96 valence electrons. The van der Waals surface area contributed by atoms with Crippen molar-refractivity contribution in [3.63, 3.8) is 0 Å². The monoisotopic (exact) mass is 268 g/mol. The van der Waals surface area contributed by atoms with Crippen LogP contribution in [0.15, 0.2) is 53.9 Å². The molecule has 0 saturated heterocycles. The van der Waals surface area contributed by atoms with Crippen molar-refractivity contribution in [3.8, 4) is 0 Å². The quantitative estimate of drug-likeness (QED) is 0.740. The first-order chi connectivity index (χ1) is 9.29. The van der Waals surface area contributed by atoms with E-state index in [1.165, 1.54) is 21.5 Å². The van der Waals surface area contributed by atoms with Crippen molar-refractivity contribution in [1.29, 1.82) is 0 Å². The van der Waals surface area contributed by atoms with Gasteiger partial charge in [0, 0.05) is 40.9 Å². The van der Waals surface area contributed by atoms with E-state index in [0.717, 1.165) is 5.69 Å². The highest BCUT2D eigenvalue weighted by Crippen LogP contribution is 2.36. The highest BCUT2D eigenvalue weighted by atomic mass is 32.1. The zero-order chi connectivity index (χ0) is 13.2. The molecule has 0 aliphatic heterocycles. The van der Waals surface area contributed by atoms with E-state index in [2.05, 4.69) is 71.2 Å². The first-order valence-electron chi connectivity index (χ1n) is 6.27. The highest BCUT2D eigenvalue weighted by Gasteiger charge is 2.09. The lowest BCUT2D eigenvalue weighted by molar-refractivity contribution is 1.23. The summed E-state index contributed by atoms with van der Waals surface area (Å²) in [6, 6.07) is 17.0. The Morgan fingerprint density at radius 3 is 2.74 bits per heavy atom. The molecule has 0 bridgehead atoms. The topological polar surface area (TPSA) is 15.3 Å². The zero-order valence-corrected chi connectivity index (χ0v) is 11.9. The fourth-order valence-corrected chi connectivity index (χ4v) is 3.21. The molecule has 0 fully saturated rings. The molecule has 1 aromatic heterocycles. The lowest BCUT2D eigenvalue weighted by Gasteiger charge is -2.19. The minimum atomic E-state index is 1.13. The van der Waals surface area contributed by atoms with Gasteiger partial charge in [-0.25, -0.2) is 0 Å². The van der Waals surface area contributed by atoms with Crippen molar-refractivity contribution < 1.29 is 0 Å². The number of nitrogens with zero attached hydrogens (tertiary/aromatic N) is 1. The summed E-state index contributed by atoms with van der Waals surface area (Å²) in [5, 5.41) is 6.71. The number of rotatable bonds is 3. The fraction of sp³-hybridized carbons (Fsp3) is 0.125. The smallest absolute Gasteiger partial charge is 0.0596 e. The van der Waals surface area contributed by atoms with Crippen molar-refractivity contribution in [1.82, 2.24) is 0 Å². The van der Waals surface area contributed by atoms with E-state index in [1.807, 2.05) is 7.05 Å². The van der Waals surface area contributed by atoms with Crippen LogP contribution in [0.3, 0.4) is 0 Å². The van der Waals surface area contributed by atoms with E-state index in [4.69, 9.17) is 0 Å². The molecule has 19 heavy (non-hydrogen) atoms. The number of thiophene rings is 1. The normalized spacial score (nSPS) is 10.6. The van der Waals surface area contributed by atoms with Gasteiger partial charge in [0.25, 0.3) is 0 Å². The summed E-state index contributed by atoms with van der Waals surface area (Å²) in [6.07, 6.45) is 0. The molecule has 3 heteroatoms. The Balaban J connectivity index is 2.05. The van der Waals surface area contributed by atoms with Crippen molar-refractivity contribution in [2.24, 2.45) is 0 Å². The van der Waals surface area contributed by atoms with Gasteiger partial charge in [0.05, 0.1) is 5.69 Å². The number of anilines is 3. The maximum atomic E-state index is 3.18. The molecule has 0 spiro atoms. The third kappa shape index (κ3) is 2.17. The van der Waals surface area contributed by atoms with Crippen LogP contribution in [-0.2, 0) is 0 Å². The van der Waals surface area contributed by atoms with Gasteiger partial charge in [-0.2, -0.15) is 0 Å². The van der Waals surface area contributed by atoms with Gasteiger partial charge >= 0.3 is 0 Å². The molecule has 2 aromatic carbocycles. The molecule has 3 aromatic rings. The molecule has 0 radical (unpaired) electrons. The molecule has 2 nitrogen and oxygen atoms in total. The average molecular weight is 268 g/mol. The van der Waals surface area contributed by atoms with Crippen LogP contribution < -0.4 is 10.2 Å². The summed E-state index contributed by atoms with van der Waals surface area (Å²) in [5.74, 6) is 0. The minimum Gasteiger partial charge on any atom is -0.388 e. The van der Waals surface area contributed by atoms with Crippen LogP contribution >= 0.6 is 11.3 Å². The summed E-state index contributed by atoms with van der Waals surface area (Å²) < 4.78 is 1.33. The SMILES string of the molecule is CNc1cccc(N(C)c2csc3ccccc23)c1. The van der Waals surface area contributed by atoms with Crippen LogP contribution in [0.4, 0.5) is 17.1 Å². The van der Waals surface area contributed by atoms with E-state index in [-0.39, 0.29) is 0 Å². The van der Waals surface area contributed by atoms with Gasteiger partial charge in [0.15, 0.2) is 0 Å². The molecule has 0 aliphatic rings. The van der Waals surface area contributed by atoms with E-state index >= 15 is 0 Å². The summed E-state index contributed by atoms with van der Waals surface area (Å²) in [5.41, 5.74) is 3.58. The van der Waals surface area contributed by atoms with Crippen molar-refractivity contribution in [3.05, 3.63) is 53.9 Å². The Morgan fingerprint density at radius 1 is 1.05 bits per heavy atom. The number of hydrogen-bond acceptors (Lipinski definition) is 3. The summed E-state index contributed by atoms with van der Waals surface area (Å²) in [7, 11) is 4.06. The standard InChI is InChI=1S/C16H16N2S/c1-17-12-6-5-7-13(10-12)18(2)15-11-19-16-9-4-3-8-14(15)16/h3-11,17H,1-2H3. The second-order valence-corrected chi connectivity index (χ2v) is 5.39. The van der Waals surface area contributed by atoms with Crippen LogP contribution in [0.25, 0.3) is 10.1 Å². The molecule has 0 amide bonds. The molecular weight excluding hydrogens is 252 g/mol. The lowest BCUT2D eigenvalue weighted by atomic mass is 10.2. The second-order valence-electron chi connectivity index (χ2n) is 4.48. The number of fused-ring (bicyclic) bond motifs is 1. The Bertz CT molecular complexity index is 703. The maximum absolute atomic E-state index is 3.18. The molecule has 0 aliphatic carbocycles. The molecule has 0 saturated carbocycles. The largest absolute Gasteiger partial charge is 0.388 e. The van der Waals surface area contributed by atoms with Gasteiger partial charge in [0.2, 0.25) is 0 Å². The lowest BCUT2D eigenvalue weighted by Crippen LogP contribution is -2.08. The fourth-order valence-electron chi connectivity index (χ4n) is 2.23. The van der Waals surface area contributed by atoms with Gasteiger partial charge in [-0.3, -0.25) is 0 Å². The van der Waals surface area contributed by atoms with Crippen molar-refractivity contribution >= 4 is 38.5 Å². The molecule has 0 unspecified atom stereocenters. The first-order valence-corrected chi connectivity index (χ1v) is 7.15. The molecular formula is C16H16N2S. The van der Waals surface area contributed by atoms with Crippen LogP contribution in [0, 0.1) is 0 Å².